The van der Waals surface area contributed by atoms with E-state index >= 15 is 0 Å². The number of ether oxygens (including phenoxy) is 1. The van der Waals surface area contributed by atoms with Crippen molar-refractivity contribution in [3.8, 4) is 5.75 Å². The number of carbonyl (C=O) groups excluding carboxylic acids is 1. The number of aryl methyl sites for hydroxylation is 1. The Morgan fingerprint density at radius 3 is 2.71 bits per heavy atom. The quantitative estimate of drug-likeness (QED) is 0.782. The molecule has 0 aliphatic carbocycles. The van der Waals surface area contributed by atoms with Gasteiger partial charge in [-0.1, -0.05) is 18.2 Å². The van der Waals surface area contributed by atoms with Crippen LogP contribution in [0.25, 0.3) is 11.0 Å². The fraction of sp³-hybridized carbons (Fsp3) is 0.125. The van der Waals surface area contributed by atoms with Gasteiger partial charge in [-0.25, -0.2) is 9.78 Å². The van der Waals surface area contributed by atoms with Crippen molar-refractivity contribution in [1.29, 1.82) is 0 Å². The first-order chi connectivity index (χ1) is 10.1. The van der Waals surface area contributed by atoms with Crippen LogP contribution in [0.15, 0.2) is 48.5 Å². The van der Waals surface area contributed by atoms with Crippen LogP contribution < -0.4 is 9.64 Å². The molecule has 106 valence electrons. The molecule has 1 N–H and O–H groups in total. The molecule has 0 spiro atoms. The molecule has 1 heterocycles. The van der Waals surface area contributed by atoms with Crippen LogP contribution in [0.3, 0.4) is 0 Å². The maximum atomic E-state index is 12.1. The summed E-state index contributed by atoms with van der Waals surface area (Å²) in [5, 5.41) is 0. The fourth-order valence-electron chi connectivity index (χ4n) is 2.10. The highest BCUT2D eigenvalue weighted by Gasteiger charge is 2.14. The molecule has 21 heavy (non-hydrogen) atoms. The molecular formula is C16H15N3O2. The van der Waals surface area contributed by atoms with E-state index in [-0.39, 0.29) is 0 Å². The average molecular weight is 281 g/mol. The summed E-state index contributed by atoms with van der Waals surface area (Å²) in [5.41, 5.74) is 2.51. The number of hydrogen-bond acceptors (Lipinski definition) is 3. The number of aromatic nitrogens is 2. The van der Waals surface area contributed by atoms with Crippen molar-refractivity contribution in [3.63, 3.8) is 0 Å². The number of imidazole rings is 1. The SMILES string of the molecule is Cc1nc2ccc(N(C)C(=O)Oc3ccccc3)cc2[nH]1. The number of carbonyl (C=O) groups is 1. The van der Waals surface area contributed by atoms with Gasteiger partial charge in [-0.05, 0) is 37.3 Å². The van der Waals surface area contributed by atoms with E-state index in [4.69, 9.17) is 4.74 Å². The molecule has 0 saturated heterocycles. The van der Waals surface area contributed by atoms with Gasteiger partial charge in [0.1, 0.15) is 11.6 Å². The fourth-order valence-corrected chi connectivity index (χ4v) is 2.10. The van der Waals surface area contributed by atoms with Crippen molar-refractivity contribution in [2.75, 3.05) is 11.9 Å². The van der Waals surface area contributed by atoms with E-state index in [0.29, 0.717) is 5.75 Å². The Morgan fingerprint density at radius 2 is 1.95 bits per heavy atom. The molecule has 0 bridgehead atoms. The number of para-hydroxylation sites is 1. The normalized spacial score (nSPS) is 10.6. The highest BCUT2D eigenvalue weighted by molar-refractivity contribution is 5.91. The third-order valence-electron chi connectivity index (χ3n) is 3.19. The highest BCUT2D eigenvalue weighted by atomic mass is 16.6. The average Bonchev–Trinajstić information content (AvgIpc) is 2.86. The standard InChI is InChI=1S/C16H15N3O2/c1-11-17-14-9-8-12(10-15(14)18-11)19(2)16(20)21-13-6-4-3-5-7-13/h3-10H,1-2H3,(H,17,18). The van der Waals surface area contributed by atoms with E-state index in [0.717, 1.165) is 22.5 Å². The minimum atomic E-state index is -0.434. The Kier molecular flexibility index (Phi) is 3.31. The summed E-state index contributed by atoms with van der Waals surface area (Å²) in [6, 6.07) is 14.6. The molecule has 0 saturated carbocycles. The van der Waals surface area contributed by atoms with Crippen molar-refractivity contribution < 1.29 is 9.53 Å². The second-order valence-electron chi connectivity index (χ2n) is 4.76. The molecule has 2 aromatic carbocycles. The van der Waals surface area contributed by atoms with Crippen LogP contribution in [0.4, 0.5) is 10.5 Å². The summed E-state index contributed by atoms with van der Waals surface area (Å²) in [7, 11) is 1.68. The van der Waals surface area contributed by atoms with Crippen LogP contribution >= 0.6 is 0 Å². The molecule has 0 aliphatic heterocycles. The van der Waals surface area contributed by atoms with Gasteiger partial charge in [0.15, 0.2) is 0 Å². The zero-order valence-corrected chi connectivity index (χ0v) is 11.8. The Bertz CT molecular complexity index is 781. The van der Waals surface area contributed by atoms with Crippen molar-refractivity contribution >= 4 is 22.8 Å². The lowest BCUT2D eigenvalue weighted by Crippen LogP contribution is -2.29. The number of hydrogen-bond donors (Lipinski definition) is 1. The second-order valence-corrected chi connectivity index (χ2v) is 4.76. The topological polar surface area (TPSA) is 58.2 Å². The Hall–Kier alpha value is -2.82. The van der Waals surface area contributed by atoms with Crippen LogP contribution in [-0.2, 0) is 0 Å². The zero-order chi connectivity index (χ0) is 14.8. The molecular weight excluding hydrogens is 266 g/mol. The molecule has 3 aromatic rings. The van der Waals surface area contributed by atoms with Crippen molar-refractivity contribution in [1.82, 2.24) is 9.97 Å². The molecule has 0 radical (unpaired) electrons. The van der Waals surface area contributed by atoms with Gasteiger partial charge in [-0.3, -0.25) is 4.90 Å². The molecule has 0 aliphatic rings. The lowest BCUT2D eigenvalue weighted by Gasteiger charge is -2.16. The summed E-state index contributed by atoms with van der Waals surface area (Å²) in [6.45, 7) is 1.90. The molecule has 0 unspecified atom stereocenters. The lowest BCUT2D eigenvalue weighted by atomic mass is 10.2. The van der Waals surface area contributed by atoms with Crippen LogP contribution in [0.1, 0.15) is 5.82 Å². The van der Waals surface area contributed by atoms with Gasteiger partial charge in [0.05, 0.1) is 11.0 Å². The van der Waals surface area contributed by atoms with Gasteiger partial charge in [0.25, 0.3) is 0 Å². The van der Waals surface area contributed by atoms with E-state index in [2.05, 4.69) is 9.97 Å². The Labute approximate surface area is 122 Å². The number of amides is 1. The maximum Gasteiger partial charge on any atom is 0.419 e. The molecule has 5 heteroatoms. The summed E-state index contributed by atoms with van der Waals surface area (Å²) >= 11 is 0. The third-order valence-corrected chi connectivity index (χ3v) is 3.19. The number of anilines is 1. The molecule has 1 amide bonds. The van der Waals surface area contributed by atoms with E-state index in [1.807, 2.05) is 43.3 Å². The van der Waals surface area contributed by atoms with Crippen molar-refractivity contribution in [2.24, 2.45) is 0 Å². The summed E-state index contributed by atoms with van der Waals surface area (Å²) in [4.78, 5) is 21.1. The van der Waals surface area contributed by atoms with Gasteiger partial charge >= 0.3 is 6.09 Å². The van der Waals surface area contributed by atoms with Crippen molar-refractivity contribution in [3.05, 3.63) is 54.4 Å². The molecule has 0 atom stereocenters. The van der Waals surface area contributed by atoms with Crippen LogP contribution in [0, 0.1) is 6.92 Å². The maximum absolute atomic E-state index is 12.1. The van der Waals surface area contributed by atoms with Gasteiger partial charge in [-0.2, -0.15) is 0 Å². The monoisotopic (exact) mass is 281 g/mol. The van der Waals surface area contributed by atoms with Gasteiger partial charge in [0.2, 0.25) is 0 Å². The molecule has 1 aromatic heterocycles. The van der Waals surface area contributed by atoms with Gasteiger partial charge in [-0.15, -0.1) is 0 Å². The summed E-state index contributed by atoms with van der Waals surface area (Å²) in [6.07, 6.45) is -0.434. The number of rotatable bonds is 2. The van der Waals surface area contributed by atoms with E-state index in [1.54, 1.807) is 19.2 Å². The molecule has 5 nitrogen and oxygen atoms in total. The smallest absolute Gasteiger partial charge is 0.410 e. The third kappa shape index (κ3) is 2.72. The number of nitrogens with one attached hydrogen (secondary N) is 1. The largest absolute Gasteiger partial charge is 0.419 e. The number of nitrogens with zero attached hydrogens (tertiary/aromatic N) is 2. The van der Waals surface area contributed by atoms with Crippen LogP contribution in [-0.4, -0.2) is 23.1 Å². The minimum Gasteiger partial charge on any atom is -0.410 e. The Morgan fingerprint density at radius 1 is 1.19 bits per heavy atom. The lowest BCUT2D eigenvalue weighted by molar-refractivity contribution is 0.209. The van der Waals surface area contributed by atoms with Gasteiger partial charge in [0, 0.05) is 12.7 Å². The summed E-state index contributed by atoms with van der Waals surface area (Å²) < 4.78 is 5.31. The minimum absolute atomic E-state index is 0.434. The number of H-pyrrole nitrogens is 1. The molecule has 0 fully saturated rings. The summed E-state index contributed by atoms with van der Waals surface area (Å²) in [5.74, 6) is 1.37. The van der Waals surface area contributed by atoms with Crippen molar-refractivity contribution in [2.45, 2.75) is 6.92 Å². The number of benzene rings is 2. The van der Waals surface area contributed by atoms with E-state index in [9.17, 15) is 4.79 Å². The highest BCUT2D eigenvalue weighted by Crippen LogP contribution is 2.21. The first kappa shape index (κ1) is 13.2. The Balaban J connectivity index is 1.82. The number of aromatic amines is 1. The number of fused-ring (bicyclic) bond motifs is 1. The van der Waals surface area contributed by atoms with Gasteiger partial charge < -0.3 is 9.72 Å². The van der Waals surface area contributed by atoms with Crippen LogP contribution in [0.5, 0.6) is 5.75 Å². The second kappa shape index (κ2) is 5.28. The zero-order valence-electron chi connectivity index (χ0n) is 11.8. The van der Waals surface area contributed by atoms with Crippen LogP contribution in [0.2, 0.25) is 0 Å². The van der Waals surface area contributed by atoms with E-state index in [1.165, 1.54) is 4.90 Å². The predicted octanol–water partition coefficient (Wildman–Crippen LogP) is 3.51. The van der Waals surface area contributed by atoms with E-state index < -0.39 is 6.09 Å². The molecule has 3 rings (SSSR count). The first-order valence-corrected chi connectivity index (χ1v) is 6.60. The first-order valence-electron chi connectivity index (χ1n) is 6.60. The predicted molar refractivity (Wildman–Crippen MR) is 81.7 cm³/mol.